The first-order valence-corrected chi connectivity index (χ1v) is 10.5. The lowest BCUT2D eigenvalue weighted by Crippen LogP contribution is -2.30. The van der Waals surface area contributed by atoms with Crippen molar-refractivity contribution < 1.29 is 10.2 Å². The van der Waals surface area contributed by atoms with Crippen LogP contribution in [0, 0.1) is 0 Å². The molecule has 0 spiro atoms. The molecule has 1 aliphatic rings. The number of imidazole rings is 1. The summed E-state index contributed by atoms with van der Waals surface area (Å²) in [5, 5.41) is 11.9. The Balaban J connectivity index is 1.49. The molecule has 2 heterocycles. The average molecular weight is 406 g/mol. The second-order valence-corrected chi connectivity index (χ2v) is 7.83. The van der Waals surface area contributed by atoms with Gasteiger partial charge in [0.25, 0.3) is 5.91 Å². The van der Waals surface area contributed by atoms with Crippen molar-refractivity contribution in [2.75, 3.05) is 23.7 Å². The molecule has 1 amide bonds. The van der Waals surface area contributed by atoms with Gasteiger partial charge in [0.2, 0.25) is 0 Å². The van der Waals surface area contributed by atoms with Crippen molar-refractivity contribution in [2.24, 2.45) is 0 Å². The maximum atomic E-state index is 12.7. The van der Waals surface area contributed by atoms with Gasteiger partial charge in [-0.1, -0.05) is 0 Å². The molecule has 1 aromatic heterocycles. The number of aromatic nitrogens is 2. The number of nitrogens with zero attached hydrogens (tertiary/aromatic N) is 2. The topological polar surface area (TPSA) is 98.6 Å². The van der Waals surface area contributed by atoms with Crippen LogP contribution in [0.1, 0.15) is 48.4 Å². The summed E-state index contributed by atoms with van der Waals surface area (Å²) in [6, 6.07) is 11.8. The van der Waals surface area contributed by atoms with Gasteiger partial charge in [0.05, 0.1) is 23.1 Å². The number of nitrogens with one attached hydrogen (secondary N) is 3. The molecule has 0 saturated carbocycles. The van der Waals surface area contributed by atoms with E-state index < -0.39 is 0 Å². The van der Waals surface area contributed by atoms with Crippen molar-refractivity contribution in [3.8, 4) is 0 Å². The van der Waals surface area contributed by atoms with E-state index in [1.54, 1.807) is 12.1 Å². The van der Waals surface area contributed by atoms with E-state index in [0.717, 1.165) is 53.4 Å². The number of anilines is 2. The van der Waals surface area contributed by atoms with E-state index in [9.17, 15) is 4.79 Å². The highest BCUT2D eigenvalue weighted by Crippen LogP contribution is 2.22. The standard InChI is InChI=1S/C23H28N6O/c1-3-25-19-8-6-16(11-17(19)13-24)23(30)26-18-7-9-20-21(12-18)28-22(27-20)14-29-10-4-5-15(29)2/h6-9,11-13,15,24-25H,3-5,10,14H2,1-2H3,(H,26,30)(H,27,28)/p+1/t15-/m0/s1. The van der Waals surface area contributed by atoms with Crippen LogP contribution < -0.4 is 16.0 Å². The van der Waals surface area contributed by atoms with Gasteiger partial charge in [0.1, 0.15) is 5.82 Å². The van der Waals surface area contributed by atoms with E-state index in [-0.39, 0.29) is 5.91 Å². The van der Waals surface area contributed by atoms with Crippen LogP contribution in [0.2, 0.25) is 0 Å². The molecule has 2 aromatic carbocycles. The van der Waals surface area contributed by atoms with E-state index in [2.05, 4.69) is 27.4 Å². The molecule has 156 valence electrons. The van der Waals surface area contributed by atoms with Crippen LogP contribution in [0.25, 0.3) is 11.0 Å². The van der Waals surface area contributed by atoms with E-state index in [1.165, 1.54) is 19.1 Å². The Labute approximate surface area is 176 Å². The zero-order valence-corrected chi connectivity index (χ0v) is 17.5. The monoisotopic (exact) mass is 405 g/mol. The molecule has 30 heavy (non-hydrogen) atoms. The largest absolute Gasteiger partial charge is 0.385 e. The van der Waals surface area contributed by atoms with E-state index in [4.69, 9.17) is 10.4 Å². The molecule has 5 N–H and O–H groups in total. The maximum absolute atomic E-state index is 12.7. The van der Waals surface area contributed by atoms with Crippen molar-refractivity contribution in [1.82, 2.24) is 14.9 Å². The summed E-state index contributed by atoms with van der Waals surface area (Å²) in [5.41, 5.74) is 4.83. The predicted octanol–water partition coefficient (Wildman–Crippen LogP) is 2.41. The number of hydrogen-bond acceptors (Lipinski definition) is 4. The highest BCUT2D eigenvalue weighted by molar-refractivity contribution is 6.06. The van der Waals surface area contributed by atoms with Crippen LogP contribution in [0.4, 0.5) is 11.4 Å². The number of aromatic amines is 1. The number of rotatable bonds is 7. The third-order valence-electron chi connectivity index (χ3n) is 5.69. The van der Waals surface area contributed by atoms with E-state index >= 15 is 0 Å². The lowest BCUT2D eigenvalue weighted by atomic mass is 10.1. The summed E-state index contributed by atoms with van der Waals surface area (Å²) in [7, 11) is 0. The fourth-order valence-electron chi connectivity index (χ4n) is 4.03. The Kier molecular flexibility index (Phi) is 5.81. The number of amides is 1. The van der Waals surface area contributed by atoms with Crippen LogP contribution in [-0.2, 0) is 6.54 Å². The summed E-state index contributed by atoms with van der Waals surface area (Å²) in [4.78, 5) is 23.3. The minimum atomic E-state index is -0.175. The molecule has 1 saturated heterocycles. The lowest BCUT2D eigenvalue weighted by Gasteiger charge is -2.19. The molecular formula is C23H29N6O+. The van der Waals surface area contributed by atoms with Crippen LogP contribution >= 0.6 is 0 Å². The first-order valence-electron chi connectivity index (χ1n) is 10.5. The number of carbonyl (C=O) groups is 1. The molecule has 7 heteroatoms. The van der Waals surface area contributed by atoms with Crippen LogP contribution in [0.15, 0.2) is 36.4 Å². The summed E-state index contributed by atoms with van der Waals surface area (Å²) in [6.45, 7) is 7.02. The number of hydrogen-bond donors (Lipinski definition) is 4. The van der Waals surface area contributed by atoms with Gasteiger partial charge in [-0.2, -0.15) is 0 Å². The molecule has 3 aromatic rings. The third-order valence-corrected chi connectivity index (χ3v) is 5.69. The van der Waals surface area contributed by atoms with Crippen molar-refractivity contribution in [3.05, 3.63) is 53.3 Å². The Hall–Kier alpha value is -3.19. The van der Waals surface area contributed by atoms with Gasteiger partial charge in [-0.3, -0.25) is 15.1 Å². The first kappa shape index (κ1) is 20.1. The number of carbonyl (C=O) groups excluding carboxylic acids is 1. The highest BCUT2D eigenvalue weighted by Gasteiger charge is 2.21. The van der Waals surface area contributed by atoms with Crippen LogP contribution in [-0.4, -0.2) is 46.1 Å². The Morgan fingerprint density at radius 1 is 1.33 bits per heavy atom. The van der Waals surface area contributed by atoms with Gasteiger partial charge in [-0.25, -0.2) is 4.98 Å². The second-order valence-electron chi connectivity index (χ2n) is 7.83. The number of H-pyrrole nitrogens is 1. The molecule has 0 aliphatic carbocycles. The normalized spacial score (nSPS) is 16.7. The fraction of sp³-hybridized carbons (Fsp3) is 0.348. The molecule has 1 aliphatic heterocycles. The number of fused-ring (bicyclic) bond motifs is 1. The molecule has 4 rings (SSSR count). The van der Waals surface area contributed by atoms with Crippen LogP contribution in [0.5, 0.6) is 0 Å². The smallest absolute Gasteiger partial charge is 0.255 e. The highest BCUT2D eigenvalue weighted by atomic mass is 16.1. The number of nitrogens with two attached hydrogens (primary N) is 1. The molecule has 0 radical (unpaired) electrons. The fourth-order valence-corrected chi connectivity index (χ4v) is 4.03. The zero-order valence-electron chi connectivity index (χ0n) is 17.5. The van der Waals surface area contributed by atoms with Crippen LogP contribution in [0.3, 0.4) is 0 Å². The quantitative estimate of drug-likeness (QED) is 0.454. The van der Waals surface area contributed by atoms with Crippen molar-refractivity contribution >= 4 is 34.5 Å². The molecule has 1 atom stereocenters. The number of benzene rings is 2. The third kappa shape index (κ3) is 4.21. The lowest BCUT2D eigenvalue weighted by molar-refractivity contribution is -0.104. The summed E-state index contributed by atoms with van der Waals surface area (Å²) in [6.07, 6.45) is 4.00. The second kappa shape index (κ2) is 8.67. The zero-order chi connectivity index (χ0) is 21.1. The Morgan fingerprint density at radius 2 is 2.20 bits per heavy atom. The van der Waals surface area contributed by atoms with Gasteiger partial charge in [-0.15, -0.1) is 0 Å². The molecule has 7 nitrogen and oxygen atoms in total. The van der Waals surface area contributed by atoms with Gasteiger partial charge < -0.3 is 15.6 Å². The SMILES string of the molecule is CCNc1ccc(C(=O)Nc2ccc3nc(CN4CCC[C@@H]4C)[nH]c3c2)cc1C=[NH2+]. The van der Waals surface area contributed by atoms with E-state index in [0.29, 0.717) is 11.6 Å². The minimum absolute atomic E-state index is 0.175. The minimum Gasteiger partial charge on any atom is -0.385 e. The van der Waals surface area contributed by atoms with Gasteiger partial charge >= 0.3 is 0 Å². The average Bonchev–Trinajstić information content (AvgIpc) is 3.33. The van der Waals surface area contributed by atoms with Crippen molar-refractivity contribution in [3.63, 3.8) is 0 Å². The first-order chi connectivity index (χ1) is 14.6. The summed E-state index contributed by atoms with van der Waals surface area (Å²) < 4.78 is 0. The number of likely N-dealkylation sites (tertiary alicyclic amines) is 1. The Bertz CT molecular complexity index is 1070. The summed E-state index contributed by atoms with van der Waals surface area (Å²) >= 11 is 0. The predicted molar refractivity (Wildman–Crippen MR) is 121 cm³/mol. The molecule has 0 unspecified atom stereocenters. The van der Waals surface area contributed by atoms with Gasteiger partial charge in [-0.05, 0) is 69.6 Å². The van der Waals surface area contributed by atoms with Crippen molar-refractivity contribution in [1.29, 1.82) is 0 Å². The maximum Gasteiger partial charge on any atom is 0.255 e. The molecule has 0 bridgehead atoms. The Morgan fingerprint density at radius 3 is 2.93 bits per heavy atom. The molecule has 1 fully saturated rings. The van der Waals surface area contributed by atoms with Gasteiger partial charge in [0, 0.05) is 29.5 Å². The summed E-state index contributed by atoms with van der Waals surface area (Å²) in [5.74, 6) is 0.787. The van der Waals surface area contributed by atoms with E-state index in [1.807, 2.05) is 31.2 Å². The van der Waals surface area contributed by atoms with Gasteiger partial charge in [0.15, 0.2) is 6.21 Å². The molecular weight excluding hydrogens is 376 g/mol. The van der Waals surface area contributed by atoms with Crippen molar-refractivity contribution in [2.45, 2.75) is 39.3 Å².